The van der Waals surface area contributed by atoms with E-state index in [0.29, 0.717) is 24.5 Å². The van der Waals surface area contributed by atoms with Crippen LogP contribution >= 0.6 is 0 Å². The van der Waals surface area contributed by atoms with Gasteiger partial charge in [0.25, 0.3) is 0 Å². The molecule has 3 rings (SSSR count). The van der Waals surface area contributed by atoms with E-state index in [0.717, 1.165) is 77.1 Å². The molecule has 0 aromatic heterocycles. The predicted molar refractivity (Wildman–Crippen MR) is 112 cm³/mol. The molecule has 0 N–H and O–H groups in total. The summed E-state index contributed by atoms with van der Waals surface area (Å²) >= 11 is 0. The molecule has 0 unspecified atom stereocenters. The number of likely N-dealkylation sites (tertiary alicyclic amines) is 2. The molecule has 2 heterocycles. The van der Waals surface area contributed by atoms with Crippen molar-refractivity contribution in [3.63, 3.8) is 0 Å². The molecule has 2 aliphatic rings. The first-order valence-electron chi connectivity index (χ1n) is 11.0. The van der Waals surface area contributed by atoms with Crippen LogP contribution in [0.15, 0.2) is 24.3 Å². The third-order valence-corrected chi connectivity index (χ3v) is 6.17. The first kappa shape index (κ1) is 21.1. The molecule has 1 aromatic rings. The Bertz CT molecular complexity index is 588. The van der Waals surface area contributed by atoms with Crippen molar-refractivity contribution in [2.45, 2.75) is 64.0 Å². The van der Waals surface area contributed by atoms with E-state index in [1.54, 1.807) is 0 Å². The van der Waals surface area contributed by atoms with Gasteiger partial charge in [-0.2, -0.15) is 0 Å². The summed E-state index contributed by atoms with van der Waals surface area (Å²) in [6, 6.07) is 8.81. The predicted octanol–water partition coefficient (Wildman–Crippen LogP) is 3.51. The zero-order valence-corrected chi connectivity index (χ0v) is 17.6. The molecule has 28 heavy (non-hydrogen) atoms. The maximum Gasteiger partial charge on any atom is 0.222 e. The van der Waals surface area contributed by atoms with Crippen LogP contribution in [0.5, 0.6) is 5.75 Å². The number of hydrogen-bond donors (Lipinski definition) is 0. The molecule has 0 saturated carbocycles. The van der Waals surface area contributed by atoms with E-state index in [9.17, 15) is 4.79 Å². The minimum atomic E-state index is 0.294. The van der Waals surface area contributed by atoms with E-state index in [2.05, 4.69) is 28.9 Å². The third kappa shape index (κ3) is 5.95. The summed E-state index contributed by atoms with van der Waals surface area (Å²) in [5.41, 5.74) is 1.20. The number of methoxy groups -OCH3 is 1. The van der Waals surface area contributed by atoms with Crippen LogP contribution in [0.1, 0.15) is 51.0 Å². The van der Waals surface area contributed by atoms with Gasteiger partial charge in [0.15, 0.2) is 0 Å². The van der Waals surface area contributed by atoms with Gasteiger partial charge in [-0.1, -0.05) is 19.1 Å². The van der Waals surface area contributed by atoms with Crippen molar-refractivity contribution in [3.8, 4) is 5.75 Å². The van der Waals surface area contributed by atoms with Crippen molar-refractivity contribution in [3.05, 3.63) is 29.8 Å². The van der Waals surface area contributed by atoms with Crippen LogP contribution in [0.3, 0.4) is 0 Å². The highest BCUT2D eigenvalue weighted by Gasteiger charge is 2.29. The van der Waals surface area contributed by atoms with Gasteiger partial charge >= 0.3 is 0 Å². The molecule has 2 fully saturated rings. The van der Waals surface area contributed by atoms with Crippen LogP contribution in [0.25, 0.3) is 0 Å². The average Bonchev–Trinajstić information content (AvgIpc) is 2.77. The van der Waals surface area contributed by atoms with E-state index in [-0.39, 0.29) is 0 Å². The highest BCUT2D eigenvalue weighted by molar-refractivity contribution is 5.76. The third-order valence-electron chi connectivity index (χ3n) is 6.17. The van der Waals surface area contributed by atoms with Crippen molar-refractivity contribution in [1.82, 2.24) is 9.80 Å². The number of amides is 1. The summed E-state index contributed by atoms with van der Waals surface area (Å²) in [6.45, 7) is 6.92. The van der Waals surface area contributed by atoms with Gasteiger partial charge in [-0.25, -0.2) is 0 Å². The number of ether oxygens (including phenoxy) is 2. The second kappa shape index (κ2) is 10.8. The maximum atomic E-state index is 12.6. The van der Waals surface area contributed by atoms with Gasteiger partial charge in [0.2, 0.25) is 5.91 Å². The quantitative estimate of drug-likeness (QED) is 0.683. The van der Waals surface area contributed by atoms with Gasteiger partial charge in [0, 0.05) is 45.8 Å². The standard InChI is InChI=1S/C23H36N2O3/c1-3-18-28-22-7-4-19(5-8-22)6-9-23(26)25-14-10-20(11-15-25)24-16-12-21(27-2)13-17-24/h4-5,7-8,20-21H,3,6,9-18H2,1-2H3. The summed E-state index contributed by atoms with van der Waals surface area (Å²) in [7, 11) is 1.82. The number of aryl methyl sites for hydroxylation is 1. The molecule has 5 nitrogen and oxygen atoms in total. The normalized spacial score (nSPS) is 19.7. The zero-order valence-electron chi connectivity index (χ0n) is 17.6. The van der Waals surface area contributed by atoms with Crippen LogP contribution in [-0.4, -0.2) is 67.7 Å². The number of rotatable bonds is 8. The Kier molecular flexibility index (Phi) is 8.16. The van der Waals surface area contributed by atoms with Gasteiger partial charge in [-0.3, -0.25) is 4.79 Å². The first-order valence-corrected chi connectivity index (χ1v) is 11.0. The summed E-state index contributed by atoms with van der Waals surface area (Å²) in [5, 5.41) is 0. The average molecular weight is 389 g/mol. The molecule has 1 amide bonds. The van der Waals surface area contributed by atoms with Crippen molar-refractivity contribution in [2.75, 3.05) is 39.9 Å². The Morgan fingerprint density at radius 2 is 1.71 bits per heavy atom. The fourth-order valence-electron chi connectivity index (χ4n) is 4.34. The van der Waals surface area contributed by atoms with E-state index in [1.807, 2.05) is 19.2 Å². The lowest BCUT2D eigenvalue weighted by Gasteiger charge is -2.41. The summed E-state index contributed by atoms with van der Waals surface area (Å²) < 4.78 is 11.1. The molecule has 2 aliphatic heterocycles. The lowest BCUT2D eigenvalue weighted by molar-refractivity contribution is -0.132. The minimum Gasteiger partial charge on any atom is -0.494 e. The lowest BCUT2D eigenvalue weighted by Crippen LogP contribution is -2.49. The number of carbonyl (C=O) groups is 1. The number of piperidine rings is 2. The molecule has 0 atom stereocenters. The first-order chi connectivity index (χ1) is 13.7. The van der Waals surface area contributed by atoms with Crippen molar-refractivity contribution >= 4 is 5.91 Å². The molecule has 156 valence electrons. The van der Waals surface area contributed by atoms with Crippen LogP contribution in [0.4, 0.5) is 0 Å². The largest absolute Gasteiger partial charge is 0.494 e. The summed E-state index contributed by atoms with van der Waals surface area (Å²) in [4.78, 5) is 17.3. The molecule has 5 heteroatoms. The Morgan fingerprint density at radius 3 is 2.32 bits per heavy atom. The molecule has 0 radical (unpaired) electrons. The van der Waals surface area contributed by atoms with Crippen LogP contribution in [0.2, 0.25) is 0 Å². The van der Waals surface area contributed by atoms with Gasteiger partial charge in [0.1, 0.15) is 5.75 Å². The van der Waals surface area contributed by atoms with E-state index >= 15 is 0 Å². The van der Waals surface area contributed by atoms with E-state index in [1.165, 1.54) is 5.56 Å². The molecule has 0 spiro atoms. The smallest absolute Gasteiger partial charge is 0.222 e. The van der Waals surface area contributed by atoms with Crippen LogP contribution in [0, 0.1) is 0 Å². The highest BCUT2D eigenvalue weighted by Crippen LogP contribution is 2.23. The topological polar surface area (TPSA) is 42.0 Å². The van der Waals surface area contributed by atoms with E-state index < -0.39 is 0 Å². The summed E-state index contributed by atoms with van der Waals surface area (Å²) in [6.07, 6.45) is 7.33. The molecule has 2 saturated heterocycles. The Balaban J connectivity index is 1.37. The van der Waals surface area contributed by atoms with Crippen LogP contribution < -0.4 is 4.74 Å². The second-order valence-corrected chi connectivity index (χ2v) is 8.08. The number of hydrogen-bond acceptors (Lipinski definition) is 4. The lowest BCUT2D eigenvalue weighted by atomic mass is 9.98. The van der Waals surface area contributed by atoms with E-state index in [4.69, 9.17) is 9.47 Å². The summed E-state index contributed by atoms with van der Waals surface area (Å²) in [5.74, 6) is 1.20. The Hall–Kier alpha value is -1.59. The van der Waals surface area contributed by atoms with Crippen LogP contribution in [-0.2, 0) is 16.0 Å². The molecule has 0 aliphatic carbocycles. The van der Waals surface area contributed by atoms with Crippen molar-refractivity contribution in [2.24, 2.45) is 0 Å². The monoisotopic (exact) mass is 388 g/mol. The maximum absolute atomic E-state index is 12.6. The minimum absolute atomic E-state index is 0.294. The van der Waals surface area contributed by atoms with Crippen molar-refractivity contribution < 1.29 is 14.3 Å². The van der Waals surface area contributed by atoms with Gasteiger partial charge in [-0.05, 0) is 56.2 Å². The number of benzene rings is 1. The van der Waals surface area contributed by atoms with Crippen molar-refractivity contribution in [1.29, 1.82) is 0 Å². The fraction of sp³-hybridized carbons (Fsp3) is 0.696. The number of carbonyl (C=O) groups excluding carboxylic acids is 1. The number of nitrogens with zero attached hydrogens (tertiary/aromatic N) is 2. The molecule has 1 aromatic carbocycles. The Labute approximate surface area is 170 Å². The Morgan fingerprint density at radius 1 is 1.04 bits per heavy atom. The highest BCUT2D eigenvalue weighted by atomic mass is 16.5. The fourth-order valence-corrected chi connectivity index (χ4v) is 4.34. The molecule has 0 bridgehead atoms. The second-order valence-electron chi connectivity index (χ2n) is 8.08. The molecular weight excluding hydrogens is 352 g/mol. The zero-order chi connectivity index (χ0) is 19.8. The van der Waals surface area contributed by atoms with Gasteiger partial charge in [-0.15, -0.1) is 0 Å². The SMILES string of the molecule is CCCOc1ccc(CCC(=O)N2CCC(N3CCC(OC)CC3)CC2)cc1. The molecular formula is C23H36N2O3. The van der Waals surface area contributed by atoms with Gasteiger partial charge < -0.3 is 19.3 Å². The van der Waals surface area contributed by atoms with Gasteiger partial charge in [0.05, 0.1) is 12.7 Å².